The number of phosphoric ester groups is 1. The fraction of sp³-hybridized carbons (Fsp3) is 0.731. The number of aliphatic carboxylic acids is 1. The van der Waals surface area contributed by atoms with Gasteiger partial charge in [0.15, 0.2) is 6.23 Å². The molecule has 2 saturated heterocycles. The lowest BCUT2D eigenvalue weighted by atomic mass is 9.88. The molecule has 12 N–H and O–H groups in total. The number of carboxylic acids is 1. The van der Waals surface area contributed by atoms with Crippen molar-refractivity contribution < 1.29 is 92.3 Å². The van der Waals surface area contributed by atoms with Crippen molar-refractivity contribution in [3.63, 3.8) is 0 Å². The Hall–Kier alpha value is -3.40. The highest BCUT2D eigenvalue weighted by Crippen LogP contribution is 2.51. The molecule has 0 spiro atoms. The quantitative estimate of drug-likeness (QED) is 0.0460. The molecule has 2 aliphatic heterocycles. The van der Waals surface area contributed by atoms with Crippen molar-refractivity contribution in [3.8, 4) is 0 Å². The number of ether oxygens (including phenoxy) is 5. The van der Waals surface area contributed by atoms with Crippen LogP contribution in [-0.4, -0.2) is 176 Å². The number of nitrogens with two attached hydrogens (primary N) is 1. The first-order chi connectivity index (χ1) is 24.4. The van der Waals surface area contributed by atoms with E-state index in [0.29, 0.717) is 6.61 Å². The third-order valence-electron chi connectivity index (χ3n) is 7.56. The van der Waals surface area contributed by atoms with Gasteiger partial charge in [-0.25, -0.2) is 23.5 Å². The van der Waals surface area contributed by atoms with Gasteiger partial charge in [0.2, 0.25) is 5.91 Å². The number of aliphatic hydroxyl groups is 6. The zero-order valence-corrected chi connectivity index (χ0v) is 28.3. The third-order valence-corrected chi connectivity index (χ3v) is 8.56. The van der Waals surface area contributed by atoms with Gasteiger partial charge in [0, 0.05) is 19.7 Å². The first-order valence-electron chi connectivity index (χ1n) is 15.3. The Morgan fingerprint density at radius 2 is 1.87 bits per heavy atom. The second-order valence-electron chi connectivity index (χ2n) is 11.3. The molecule has 2 amide bonds. The largest absolute Gasteiger partial charge is 0.477 e. The van der Waals surface area contributed by atoms with E-state index in [1.165, 1.54) is 13.2 Å². The fourth-order valence-corrected chi connectivity index (χ4v) is 5.92. The number of rotatable bonds is 19. The van der Waals surface area contributed by atoms with Gasteiger partial charge in [-0.2, -0.15) is 4.98 Å². The lowest BCUT2D eigenvalue weighted by molar-refractivity contribution is -0.289. The summed E-state index contributed by atoms with van der Waals surface area (Å²) in [5, 5.41) is 76.2. The molecule has 0 aliphatic carbocycles. The number of methoxy groups -OCH3 is 1. The van der Waals surface area contributed by atoms with Crippen molar-refractivity contribution in [2.24, 2.45) is 0 Å². The molecular formula is C26H42N5O20P. The average molecular weight is 776 g/mol. The summed E-state index contributed by atoms with van der Waals surface area (Å²) in [6.07, 6.45) is -16.6. The van der Waals surface area contributed by atoms with Crippen molar-refractivity contribution in [2.75, 3.05) is 59.0 Å². The average Bonchev–Trinajstić information content (AvgIpc) is 3.36. The lowest BCUT2D eigenvalue weighted by Crippen LogP contribution is -2.68. The zero-order chi connectivity index (χ0) is 38.8. The summed E-state index contributed by atoms with van der Waals surface area (Å²) in [5.74, 6) is -6.71. The summed E-state index contributed by atoms with van der Waals surface area (Å²) in [6, 6.07) is -0.608. The van der Waals surface area contributed by atoms with E-state index in [2.05, 4.69) is 15.6 Å². The number of nitrogen functional groups attached to an aromatic ring is 1. The first kappa shape index (κ1) is 43.0. The van der Waals surface area contributed by atoms with Gasteiger partial charge >= 0.3 is 25.6 Å². The zero-order valence-electron chi connectivity index (χ0n) is 27.4. The van der Waals surface area contributed by atoms with Gasteiger partial charge in [-0.15, -0.1) is 0 Å². The second kappa shape index (κ2) is 19.1. The number of alkyl carbamates (subject to hydrolysis) is 1. The van der Waals surface area contributed by atoms with Crippen LogP contribution in [0.5, 0.6) is 0 Å². The number of aromatic nitrogens is 2. The molecule has 1 aromatic rings. The smallest absolute Gasteiger partial charge is 0.475 e. The number of carbonyl (C=O) groups excluding carboxylic acids is 2. The molecule has 2 aliphatic rings. The van der Waals surface area contributed by atoms with Crippen LogP contribution >= 0.6 is 7.82 Å². The summed E-state index contributed by atoms with van der Waals surface area (Å²) in [6.45, 7) is -2.61. The van der Waals surface area contributed by atoms with Crippen molar-refractivity contribution >= 4 is 31.6 Å². The summed E-state index contributed by atoms with van der Waals surface area (Å²) in [7, 11) is -4.17. The number of nitrogens with one attached hydrogen (secondary N) is 2. The van der Waals surface area contributed by atoms with Crippen LogP contribution in [-0.2, 0) is 46.9 Å². The van der Waals surface area contributed by atoms with Crippen LogP contribution in [0.3, 0.4) is 0 Å². The summed E-state index contributed by atoms with van der Waals surface area (Å²) in [5.41, 5.74) is 4.46. The summed E-state index contributed by atoms with van der Waals surface area (Å²) in [4.78, 5) is 63.1. The van der Waals surface area contributed by atoms with Crippen molar-refractivity contribution in [1.29, 1.82) is 0 Å². The third kappa shape index (κ3) is 11.3. The highest BCUT2D eigenvalue weighted by molar-refractivity contribution is 7.47. The summed E-state index contributed by atoms with van der Waals surface area (Å²) < 4.78 is 48.9. The molecule has 0 radical (unpaired) electrons. The molecule has 3 rings (SSSR count). The predicted octanol–water partition coefficient (Wildman–Crippen LogP) is -5.90. The van der Waals surface area contributed by atoms with Gasteiger partial charge < -0.3 is 80.7 Å². The van der Waals surface area contributed by atoms with Gasteiger partial charge in [0.1, 0.15) is 55.6 Å². The Morgan fingerprint density at radius 3 is 2.50 bits per heavy atom. The van der Waals surface area contributed by atoms with Gasteiger partial charge in [-0.3, -0.25) is 13.9 Å². The topological polar surface area (TPSA) is 380 Å². The van der Waals surface area contributed by atoms with E-state index >= 15 is 0 Å². The number of phosphoric acid groups is 1. The number of aliphatic hydroxyl groups excluding tert-OH is 6. The van der Waals surface area contributed by atoms with Crippen LogP contribution in [0.2, 0.25) is 0 Å². The lowest BCUT2D eigenvalue weighted by Gasteiger charge is -2.46. The van der Waals surface area contributed by atoms with Crippen LogP contribution in [0.1, 0.15) is 12.6 Å². The molecule has 25 nitrogen and oxygen atoms in total. The van der Waals surface area contributed by atoms with E-state index in [9.17, 15) is 64.4 Å². The van der Waals surface area contributed by atoms with Crippen LogP contribution in [0.4, 0.5) is 10.6 Å². The van der Waals surface area contributed by atoms with Crippen LogP contribution in [0, 0.1) is 0 Å². The Kier molecular flexibility index (Phi) is 15.8. The SMILES string of the molecule is COCCOCCOC(=O)NCC(=O)NC1C(O)CC(OP(=O)(O)OCC2O[C@@H](n3ccc(N)nc3=O)[C@H](O)[C@@H]2O)(C(=O)O)OC1[C@H](O)[C@H](O)CO. The molecule has 11 atom stereocenters. The molecule has 2 fully saturated rings. The van der Waals surface area contributed by atoms with Crippen LogP contribution < -0.4 is 22.1 Å². The number of carbonyl (C=O) groups is 3. The predicted molar refractivity (Wildman–Crippen MR) is 165 cm³/mol. The van der Waals surface area contributed by atoms with E-state index in [1.54, 1.807) is 0 Å². The molecule has 0 bridgehead atoms. The van der Waals surface area contributed by atoms with Gasteiger partial charge in [-0.1, -0.05) is 0 Å². The van der Waals surface area contributed by atoms with Gasteiger partial charge in [0.25, 0.3) is 5.79 Å². The first-order valence-corrected chi connectivity index (χ1v) is 16.8. The van der Waals surface area contributed by atoms with E-state index in [1.807, 2.05) is 0 Å². The molecular weight excluding hydrogens is 733 g/mol. The number of carboxylic acid groups (broad SMARTS) is 1. The Morgan fingerprint density at radius 1 is 1.17 bits per heavy atom. The highest BCUT2D eigenvalue weighted by atomic mass is 31.2. The monoisotopic (exact) mass is 775 g/mol. The van der Waals surface area contributed by atoms with Crippen molar-refractivity contribution in [3.05, 3.63) is 22.7 Å². The van der Waals surface area contributed by atoms with E-state index in [-0.39, 0.29) is 25.6 Å². The second-order valence-corrected chi connectivity index (χ2v) is 12.7. The molecule has 52 heavy (non-hydrogen) atoms. The van der Waals surface area contributed by atoms with Gasteiger partial charge in [-0.05, 0) is 6.07 Å². The number of hydrogen-bond acceptors (Lipinski definition) is 20. The Bertz CT molecular complexity index is 1470. The molecule has 26 heteroatoms. The van der Waals surface area contributed by atoms with Gasteiger partial charge in [0.05, 0.1) is 45.2 Å². The Balaban J connectivity index is 1.69. The normalized spacial score (nSPS) is 29.8. The fourth-order valence-electron chi connectivity index (χ4n) is 4.96. The number of hydrogen-bond donors (Lipinski definition) is 11. The number of nitrogens with zero attached hydrogens (tertiary/aromatic N) is 2. The molecule has 3 heterocycles. The van der Waals surface area contributed by atoms with E-state index in [4.69, 9.17) is 38.5 Å². The number of amides is 2. The van der Waals surface area contributed by atoms with E-state index in [0.717, 1.165) is 10.8 Å². The molecule has 1 aromatic heterocycles. The molecule has 0 saturated carbocycles. The van der Waals surface area contributed by atoms with Crippen molar-refractivity contribution in [2.45, 2.75) is 67.2 Å². The maximum Gasteiger partial charge on any atom is 0.475 e. The molecule has 296 valence electrons. The maximum atomic E-state index is 13.0. The Labute approximate surface area is 293 Å². The highest BCUT2D eigenvalue weighted by Gasteiger charge is 2.59. The van der Waals surface area contributed by atoms with E-state index < -0.39 is 118 Å². The molecule has 0 aromatic carbocycles. The molecule has 6 unspecified atom stereocenters. The minimum Gasteiger partial charge on any atom is -0.477 e. The maximum absolute atomic E-state index is 13.0. The minimum absolute atomic E-state index is 0.0192. The minimum atomic E-state index is -5.63. The summed E-state index contributed by atoms with van der Waals surface area (Å²) >= 11 is 0. The van der Waals surface area contributed by atoms with Crippen molar-refractivity contribution in [1.82, 2.24) is 20.2 Å². The number of anilines is 1. The standard InChI is InChI=1S/C26H42N5O20P/c1-45-4-5-46-6-7-47-25(42)28-9-16(35)30-17-12(33)8-26(23(39)40,50-21(17)18(36)13(34)10-32)51-52(43,44)48-11-14-19(37)20(38)22(49-14)31-3-2-15(27)29-24(31)41/h2-3,12-14,17-22,32-34,36-38H,4-11H2,1H3,(H,28,42)(H,30,35)(H,39,40)(H,43,44)(H2,27,29,41)/t12?,13-,14?,17?,18-,19-,20-,21?,22-,26?/m1/s1. The van der Waals surface area contributed by atoms with Crippen LogP contribution in [0.15, 0.2) is 17.1 Å². The van der Waals surface area contributed by atoms with Crippen LogP contribution in [0.25, 0.3) is 0 Å².